The molecule has 0 N–H and O–H groups in total. The molecule has 0 atom stereocenters. The molecule has 0 radical (unpaired) electrons. The molecule has 0 heterocycles. The monoisotopic (exact) mass is 416 g/mol. The Kier molecular flexibility index (Phi) is 2.77. The Morgan fingerprint density at radius 2 is 0.531 bits per heavy atom. The SMILES string of the molecule is O=C1C(=O)c2ccc3c4ccc5c6c(ccc(c7ccc(c2c37)C1=O)c64)C(=O)C(=O)C5=O. The lowest BCUT2D eigenvalue weighted by Crippen LogP contribution is -2.29. The molecule has 148 valence electrons. The van der Waals surface area contributed by atoms with Gasteiger partial charge in [0.1, 0.15) is 0 Å². The van der Waals surface area contributed by atoms with Crippen molar-refractivity contribution < 1.29 is 28.8 Å². The van der Waals surface area contributed by atoms with Crippen molar-refractivity contribution in [2.75, 3.05) is 0 Å². The van der Waals surface area contributed by atoms with Crippen molar-refractivity contribution in [2.24, 2.45) is 0 Å². The summed E-state index contributed by atoms with van der Waals surface area (Å²) in [5.41, 5.74) is 0.760. The molecule has 32 heavy (non-hydrogen) atoms. The summed E-state index contributed by atoms with van der Waals surface area (Å²) in [6.45, 7) is 0. The number of ketones is 6. The summed E-state index contributed by atoms with van der Waals surface area (Å²) in [6, 6.07) is 13.0. The van der Waals surface area contributed by atoms with Crippen LogP contribution >= 0.6 is 0 Å². The van der Waals surface area contributed by atoms with Crippen molar-refractivity contribution in [2.45, 2.75) is 0 Å². The second kappa shape index (κ2) is 5.18. The summed E-state index contributed by atoms with van der Waals surface area (Å²) in [5.74, 6) is -5.38. The number of fused-ring (bicyclic) bond motifs is 2. The highest BCUT2D eigenvalue weighted by molar-refractivity contribution is 6.75. The lowest BCUT2D eigenvalue weighted by molar-refractivity contribution is -0.112. The predicted molar refractivity (Wildman–Crippen MR) is 115 cm³/mol. The quantitative estimate of drug-likeness (QED) is 0.217. The van der Waals surface area contributed by atoms with Crippen LogP contribution in [0.15, 0.2) is 48.5 Å². The maximum absolute atomic E-state index is 12.5. The van der Waals surface area contributed by atoms with Crippen molar-refractivity contribution in [3.05, 3.63) is 70.8 Å². The highest BCUT2D eigenvalue weighted by Gasteiger charge is 2.37. The largest absolute Gasteiger partial charge is 0.285 e. The molecule has 0 unspecified atom stereocenters. The lowest BCUT2D eigenvalue weighted by Gasteiger charge is -2.22. The number of rotatable bonds is 0. The van der Waals surface area contributed by atoms with Crippen LogP contribution in [0.1, 0.15) is 41.4 Å². The van der Waals surface area contributed by atoms with Gasteiger partial charge in [0.2, 0.25) is 23.1 Å². The van der Waals surface area contributed by atoms with Gasteiger partial charge in [-0.2, -0.15) is 0 Å². The van der Waals surface area contributed by atoms with Gasteiger partial charge in [0, 0.05) is 33.0 Å². The normalized spacial score (nSPS) is 15.9. The topological polar surface area (TPSA) is 102 Å². The summed E-state index contributed by atoms with van der Waals surface area (Å²) >= 11 is 0. The molecule has 2 aliphatic carbocycles. The molecule has 5 aromatic carbocycles. The Morgan fingerprint density at radius 3 is 0.781 bits per heavy atom. The van der Waals surface area contributed by atoms with Gasteiger partial charge in [-0.15, -0.1) is 0 Å². The zero-order chi connectivity index (χ0) is 22.0. The van der Waals surface area contributed by atoms with Gasteiger partial charge in [-0.05, 0) is 56.6 Å². The first-order valence-corrected chi connectivity index (χ1v) is 9.87. The van der Waals surface area contributed by atoms with Gasteiger partial charge in [0.25, 0.3) is 11.6 Å². The highest BCUT2D eigenvalue weighted by Crippen LogP contribution is 2.45. The molecule has 0 bridgehead atoms. The number of hydrogen-bond acceptors (Lipinski definition) is 6. The standard InChI is InChI=1S/C26H8O6/c27-21-13-5-1-9-10-2-6-15-20-16(24(30)26(32)23(15)29)8-4-12(18(10)20)11-3-7-14(19(13)17(9)11)22(28)25(21)31/h1-8H. The third-order valence-corrected chi connectivity index (χ3v) is 6.71. The Morgan fingerprint density at radius 1 is 0.281 bits per heavy atom. The second-order valence-corrected chi connectivity index (χ2v) is 8.12. The smallest absolute Gasteiger partial charge is 0.273 e. The second-order valence-electron chi connectivity index (χ2n) is 8.12. The van der Waals surface area contributed by atoms with Crippen LogP contribution in [0.5, 0.6) is 0 Å². The molecule has 0 amide bonds. The van der Waals surface area contributed by atoms with Crippen LogP contribution in [-0.4, -0.2) is 34.7 Å². The zero-order valence-electron chi connectivity index (χ0n) is 16.1. The molecular weight excluding hydrogens is 408 g/mol. The van der Waals surface area contributed by atoms with Crippen LogP contribution in [0.25, 0.3) is 43.1 Å². The minimum absolute atomic E-state index is 0.190. The van der Waals surface area contributed by atoms with Crippen LogP contribution in [0.4, 0.5) is 0 Å². The van der Waals surface area contributed by atoms with Crippen LogP contribution in [0, 0.1) is 0 Å². The van der Waals surface area contributed by atoms with E-state index in [4.69, 9.17) is 0 Å². The van der Waals surface area contributed by atoms with E-state index in [1.807, 2.05) is 0 Å². The number of hydrogen-bond donors (Lipinski definition) is 0. The first-order valence-electron chi connectivity index (χ1n) is 9.87. The van der Waals surface area contributed by atoms with E-state index < -0.39 is 34.7 Å². The fourth-order valence-electron chi connectivity index (χ4n) is 5.34. The molecule has 5 aromatic rings. The summed E-state index contributed by atoms with van der Waals surface area (Å²) in [4.78, 5) is 74.5. The molecule has 6 heteroatoms. The van der Waals surface area contributed by atoms with Gasteiger partial charge < -0.3 is 0 Å². The molecule has 2 aliphatic rings. The minimum Gasteiger partial charge on any atom is -0.285 e. The molecule has 0 fully saturated rings. The number of carbonyl (C=O) groups is 6. The molecule has 0 aliphatic heterocycles. The third-order valence-electron chi connectivity index (χ3n) is 6.71. The Labute approximate surface area is 177 Å². The van der Waals surface area contributed by atoms with E-state index in [-0.39, 0.29) is 22.3 Å². The predicted octanol–water partition coefficient (Wildman–Crippen LogP) is 3.63. The van der Waals surface area contributed by atoms with Crippen molar-refractivity contribution >= 4 is 77.8 Å². The van der Waals surface area contributed by atoms with E-state index in [2.05, 4.69) is 0 Å². The van der Waals surface area contributed by atoms with Gasteiger partial charge in [-0.1, -0.05) is 24.3 Å². The van der Waals surface area contributed by atoms with Gasteiger partial charge >= 0.3 is 0 Å². The summed E-state index contributed by atoms with van der Waals surface area (Å²) < 4.78 is 0. The van der Waals surface area contributed by atoms with E-state index in [0.29, 0.717) is 21.5 Å². The van der Waals surface area contributed by atoms with Gasteiger partial charge in [0.05, 0.1) is 0 Å². The zero-order valence-corrected chi connectivity index (χ0v) is 16.1. The van der Waals surface area contributed by atoms with E-state index in [1.165, 1.54) is 24.3 Å². The molecule has 0 spiro atoms. The van der Waals surface area contributed by atoms with Gasteiger partial charge in [-0.3, -0.25) is 28.8 Å². The van der Waals surface area contributed by atoms with Crippen molar-refractivity contribution in [1.29, 1.82) is 0 Å². The van der Waals surface area contributed by atoms with Gasteiger partial charge in [-0.25, -0.2) is 0 Å². The summed E-state index contributed by atoms with van der Waals surface area (Å²) in [6.07, 6.45) is 0. The van der Waals surface area contributed by atoms with Crippen LogP contribution in [0.3, 0.4) is 0 Å². The van der Waals surface area contributed by atoms with E-state index in [1.54, 1.807) is 24.3 Å². The van der Waals surface area contributed by atoms with Crippen molar-refractivity contribution in [1.82, 2.24) is 0 Å². The van der Waals surface area contributed by atoms with E-state index >= 15 is 0 Å². The molecule has 0 saturated heterocycles. The van der Waals surface area contributed by atoms with Crippen LogP contribution < -0.4 is 0 Å². The summed E-state index contributed by atoms with van der Waals surface area (Å²) in [7, 11) is 0. The molecule has 6 nitrogen and oxygen atoms in total. The first kappa shape index (κ1) is 17.1. The highest BCUT2D eigenvalue weighted by atomic mass is 16.2. The maximum Gasteiger partial charge on any atom is 0.273 e. The average molecular weight is 416 g/mol. The van der Waals surface area contributed by atoms with Crippen LogP contribution in [0.2, 0.25) is 0 Å². The van der Waals surface area contributed by atoms with E-state index in [0.717, 1.165) is 21.5 Å². The molecule has 0 saturated carbocycles. The van der Waals surface area contributed by atoms with Crippen LogP contribution in [-0.2, 0) is 9.59 Å². The Bertz CT molecular complexity index is 1610. The summed E-state index contributed by atoms with van der Waals surface area (Å²) in [5, 5.41) is 5.13. The van der Waals surface area contributed by atoms with Crippen molar-refractivity contribution in [3.63, 3.8) is 0 Å². The first-order chi connectivity index (χ1) is 15.4. The van der Waals surface area contributed by atoms with E-state index in [9.17, 15) is 28.8 Å². The Hall–Kier alpha value is -4.58. The number of benzene rings is 5. The van der Waals surface area contributed by atoms with Gasteiger partial charge in [0.15, 0.2) is 0 Å². The average Bonchev–Trinajstić information content (AvgIpc) is 2.82. The number of carbonyl (C=O) groups excluding carboxylic acids is 6. The fourth-order valence-corrected chi connectivity index (χ4v) is 5.34. The third kappa shape index (κ3) is 1.66. The molecule has 0 aromatic heterocycles. The molecular formula is C26H8O6. The molecule has 7 rings (SSSR count). The fraction of sp³-hybridized carbons (Fsp3) is 0. The minimum atomic E-state index is -1.04. The Balaban J connectivity index is 1.79. The number of Topliss-reactive ketones (excluding diaryl/α,β-unsaturated/α-hetero) is 6. The lowest BCUT2D eigenvalue weighted by atomic mass is 9.78. The maximum atomic E-state index is 12.5. The van der Waals surface area contributed by atoms with Crippen molar-refractivity contribution in [3.8, 4) is 0 Å².